The van der Waals surface area contributed by atoms with Gasteiger partial charge in [-0.2, -0.15) is 0 Å². The van der Waals surface area contributed by atoms with Crippen LogP contribution in [0.3, 0.4) is 0 Å². The van der Waals surface area contributed by atoms with Crippen molar-refractivity contribution in [2.45, 2.75) is 52.0 Å². The lowest BCUT2D eigenvalue weighted by Crippen LogP contribution is -2.38. The van der Waals surface area contributed by atoms with E-state index in [-0.39, 0.29) is 11.0 Å². The fourth-order valence-corrected chi connectivity index (χ4v) is 3.72. The maximum absolute atomic E-state index is 3.56. The predicted molar refractivity (Wildman–Crippen MR) is 85.1 cm³/mol. The molecule has 1 aromatic rings. The normalized spacial score (nSPS) is 13.1. The van der Waals surface area contributed by atoms with Gasteiger partial charge < -0.3 is 5.32 Å². The molecule has 0 unspecified atom stereocenters. The average Bonchev–Trinajstić information content (AvgIpc) is 2.45. The summed E-state index contributed by atoms with van der Waals surface area (Å²) in [6.07, 6.45) is 1.14. The van der Waals surface area contributed by atoms with E-state index in [0.717, 1.165) is 17.4 Å². The molecule has 0 aliphatic carbocycles. The molecule has 0 saturated carbocycles. The maximum Gasteiger partial charge on any atom is 0.0843 e. The number of thiophene rings is 1. The lowest BCUT2D eigenvalue weighted by atomic mass is 9.87. The highest BCUT2D eigenvalue weighted by molar-refractivity contribution is 9.13. The Morgan fingerprint density at radius 1 is 1.18 bits per heavy atom. The van der Waals surface area contributed by atoms with Crippen LogP contribution in [-0.2, 0) is 5.41 Å². The van der Waals surface area contributed by atoms with Crippen LogP contribution < -0.4 is 5.32 Å². The van der Waals surface area contributed by atoms with Gasteiger partial charge in [0.05, 0.1) is 3.79 Å². The van der Waals surface area contributed by atoms with Gasteiger partial charge in [0.15, 0.2) is 0 Å². The highest BCUT2D eigenvalue weighted by Gasteiger charge is 2.24. The van der Waals surface area contributed by atoms with Crippen LogP contribution in [0.4, 0.5) is 0 Å². The summed E-state index contributed by atoms with van der Waals surface area (Å²) < 4.78 is 2.35. The maximum atomic E-state index is 3.56. The number of hydrogen-bond acceptors (Lipinski definition) is 2. The van der Waals surface area contributed by atoms with Gasteiger partial charge in [-0.15, -0.1) is 11.3 Å². The van der Waals surface area contributed by atoms with Gasteiger partial charge in [-0.25, -0.2) is 0 Å². The van der Waals surface area contributed by atoms with Crippen LogP contribution in [0.1, 0.15) is 45.9 Å². The van der Waals surface area contributed by atoms with Crippen molar-refractivity contribution in [3.63, 3.8) is 0 Å². The van der Waals surface area contributed by atoms with E-state index in [0.29, 0.717) is 0 Å². The van der Waals surface area contributed by atoms with Gasteiger partial charge in [0.25, 0.3) is 0 Å². The molecule has 17 heavy (non-hydrogen) atoms. The third-order valence-corrected chi connectivity index (χ3v) is 6.34. The fraction of sp³-hybridized carbons (Fsp3) is 0.692. The molecule has 4 heteroatoms. The minimum Gasteiger partial charge on any atom is -0.312 e. The molecule has 1 nitrogen and oxygen atoms in total. The summed E-state index contributed by atoms with van der Waals surface area (Å²) in [7, 11) is 0. The molecule has 0 bridgehead atoms. The Balaban J connectivity index is 2.62. The molecular weight excluding hydrogens is 362 g/mol. The van der Waals surface area contributed by atoms with Gasteiger partial charge in [-0.3, -0.25) is 0 Å². The Hall–Kier alpha value is 0.620. The third-order valence-electron chi connectivity index (χ3n) is 2.72. The van der Waals surface area contributed by atoms with Gasteiger partial charge in [-0.05, 0) is 71.7 Å². The van der Waals surface area contributed by atoms with Crippen LogP contribution >= 0.6 is 43.2 Å². The van der Waals surface area contributed by atoms with Crippen molar-refractivity contribution in [2.24, 2.45) is 0 Å². The minimum atomic E-state index is 0.201. The highest BCUT2D eigenvalue weighted by atomic mass is 79.9. The van der Waals surface area contributed by atoms with Gasteiger partial charge in [0, 0.05) is 20.3 Å². The first-order chi connectivity index (χ1) is 7.62. The van der Waals surface area contributed by atoms with Crippen LogP contribution in [0.15, 0.2) is 14.3 Å². The Bertz CT molecular complexity index is 358. The van der Waals surface area contributed by atoms with E-state index in [1.165, 1.54) is 8.66 Å². The molecule has 0 aliphatic rings. The molecule has 1 aromatic heterocycles. The first-order valence-electron chi connectivity index (χ1n) is 5.82. The topological polar surface area (TPSA) is 12.0 Å². The molecule has 98 valence electrons. The molecule has 0 atom stereocenters. The predicted octanol–water partition coefficient (Wildman–Crippen LogP) is 5.33. The van der Waals surface area contributed by atoms with Crippen molar-refractivity contribution in [1.82, 2.24) is 5.32 Å². The van der Waals surface area contributed by atoms with E-state index in [4.69, 9.17) is 0 Å². The molecule has 1 N–H and O–H groups in total. The van der Waals surface area contributed by atoms with Crippen molar-refractivity contribution < 1.29 is 0 Å². The zero-order valence-electron chi connectivity index (χ0n) is 11.2. The number of halogens is 2. The van der Waals surface area contributed by atoms with E-state index in [1.54, 1.807) is 0 Å². The Morgan fingerprint density at radius 2 is 1.76 bits per heavy atom. The SMILES string of the molecule is CC(C)(C)NCCC(C)(C)c1cc(Br)c(Br)s1. The first kappa shape index (κ1) is 15.7. The average molecular weight is 383 g/mol. The van der Waals surface area contributed by atoms with E-state index in [1.807, 2.05) is 11.3 Å². The second kappa shape index (κ2) is 5.72. The molecule has 0 fully saturated rings. The minimum absolute atomic E-state index is 0.201. The van der Waals surface area contributed by atoms with Crippen molar-refractivity contribution in [3.05, 3.63) is 19.2 Å². The largest absolute Gasteiger partial charge is 0.312 e. The summed E-state index contributed by atoms with van der Waals surface area (Å²) in [5, 5.41) is 3.55. The Morgan fingerprint density at radius 3 is 2.18 bits per heavy atom. The molecule has 0 aliphatic heterocycles. The zero-order valence-corrected chi connectivity index (χ0v) is 15.1. The quantitative estimate of drug-likeness (QED) is 0.741. The second-order valence-corrected chi connectivity index (χ2v) is 9.27. The third kappa shape index (κ3) is 5.01. The van der Waals surface area contributed by atoms with Gasteiger partial charge >= 0.3 is 0 Å². The van der Waals surface area contributed by atoms with Crippen molar-refractivity contribution in [3.8, 4) is 0 Å². The molecule has 0 aromatic carbocycles. The monoisotopic (exact) mass is 381 g/mol. The van der Waals surface area contributed by atoms with Crippen LogP contribution in [0.2, 0.25) is 0 Å². The van der Waals surface area contributed by atoms with Crippen LogP contribution in [0, 0.1) is 0 Å². The lowest BCUT2D eigenvalue weighted by molar-refractivity contribution is 0.382. The Kier molecular flexibility index (Phi) is 5.28. The zero-order chi connectivity index (χ0) is 13.3. The van der Waals surface area contributed by atoms with E-state index in [9.17, 15) is 0 Å². The standard InChI is InChI=1S/C13H21Br2NS/c1-12(2,3)16-7-6-13(4,5)10-8-9(14)11(15)17-10/h8,16H,6-7H2,1-5H3. The Labute approximate surface area is 126 Å². The van der Waals surface area contributed by atoms with Crippen molar-refractivity contribution in [1.29, 1.82) is 0 Å². The van der Waals surface area contributed by atoms with Gasteiger partial charge in [0.1, 0.15) is 0 Å². The smallest absolute Gasteiger partial charge is 0.0843 e. The first-order valence-corrected chi connectivity index (χ1v) is 8.22. The number of rotatable bonds is 4. The molecule has 1 heterocycles. The summed E-state index contributed by atoms with van der Waals surface area (Å²) in [6, 6.07) is 2.23. The van der Waals surface area contributed by atoms with Crippen LogP contribution in [-0.4, -0.2) is 12.1 Å². The molecule has 0 amide bonds. The molecular formula is C13H21Br2NS. The summed E-state index contributed by atoms with van der Waals surface area (Å²) in [4.78, 5) is 1.42. The van der Waals surface area contributed by atoms with Gasteiger partial charge in [-0.1, -0.05) is 13.8 Å². The molecule has 1 rings (SSSR count). The summed E-state index contributed by atoms with van der Waals surface area (Å²) >= 11 is 8.94. The summed E-state index contributed by atoms with van der Waals surface area (Å²) in [6.45, 7) is 12.3. The molecule has 0 saturated heterocycles. The van der Waals surface area contributed by atoms with Gasteiger partial charge in [0.2, 0.25) is 0 Å². The fourth-order valence-electron chi connectivity index (χ4n) is 1.55. The van der Waals surface area contributed by atoms with E-state index in [2.05, 4.69) is 77.9 Å². The molecule has 0 spiro atoms. The number of nitrogens with one attached hydrogen (secondary N) is 1. The van der Waals surface area contributed by atoms with E-state index >= 15 is 0 Å². The second-order valence-electron chi connectivity index (χ2n) is 6.04. The number of hydrogen-bond donors (Lipinski definition) is 1. The lowest BCUT2D eigenvalue weighted by Gasteiger charge is -2.27. The summed E-state index contributed by atoms with van der Waals surface area (Å²) in [5.41, 5.74) is 0.421. The van der Waals surface area contributed by atoms with Crippen molar-refractivity contribution in [2.75, 3.05) is 6.54 Å². The summed E-state index contributed by atoms with van der Waals surface area (Å²) in [5.74, 6) is 0. The molecule has 0 radical (unpaired) electrons. The highest BCUT2D eigenvalue weighted by Crippen LogP contribution is 2.39. The van der Waals surface area contributed by atoms with Crippen LogP contribution in [0.25, 0.3) is 0 Å². The van der Waals surface area contributed by atoms with Crippen LogP contribution in [0.5, 0.6) is 0 Å². The van der Waals surface area contributed by atoms with E-state index < -0.39 is 0 Å². The van der Waals surface area contributed by atoms with Crippen molar-refractivity contribution >= 4 is 43.2 Å².